The van der Waals surface area contributed by atoms with Crippen LogP contribution in [0, 0.1) is 0 Å². The summed E-state index contributed by atoms with van der Waals surface area (Å²) in [6, 6.07) is 18.7. The topological polar surface area (TPSA) is 69.7 Å². The van der Waals surface area contributed by atoms with Crippen molar-refractivity contribution in [2.24, 2.45) is 0 Å². The quantitative estimate of drug-likeness (QED) is 0.655. The average Bonchev–Trinajstić information content (AvgIpc) is 3.65. The highest BCUT2D eigenvalue weighted by molar-refractivity contribution is 6.09. The van der Waals surface area contributed by atoms with Crippen LogP contribution >= 0.6 is 0 Å². The van der Waals surface area contributed by atoms with Gasteiger partial charge >= 0.3 is 6.03 Å². The number of allylic oxidation sites excluding steroid dienone is 2. The Morgan fingerprint density at radius 3 is 2.33 bits per heavy atom. The van der Waals surface area contributed by atoms with Gasteiger partial charge in [-0.25, -0.2) is 4.79 Å². The molecule has 0 aromatic heterocycles. The van der Waals surface area contributed by atoms with Crippen molar-refractivity contribution in [1.82, 2.24) is 15.1 Å². The van der Waals surface area contributed by atoms with E-state index in [0.29, 0.717) is 6.42 Å². The van der Waals surface area contributed by atoms with E-state index in [1.165, 1.54) is 0 Å². The van der Waals surface area contributed by atoms with E-state index >= 15 is 0 Å². The van der Waals surface area contributed by atoms with E-state index in [4.69, 9.17) is 0 Å². The van der Waals surface area contributed by atoms with Crippen LogP contribution < -0.4 is 5.32 Å². The van der Waals surface area contributed by atoms with Gasteiger partial charge in [0.05, 0.1) is 0 Å². The van der Waals surface area contributed by atoms with Gasteiger partial charge in [0, 0.05) is 18.2 Å². The Labute approximate surface area is 194 Å². The lowest BCUT2D eigenvalue weighted by Crippen LogP contribution is -2.47. The first kappa shape index (κ1) is 21.4. The number of hydrogen-bond donors (Lipinski definition) is 1. The summed E-state index contributed by atoms with van der Waals surface area (Å²) >= 11 is 0. The summed E-state index contributed by atoms with van der Waals surface area (Å²) < 4.78 is 0. The number of carbonyl (C=O) groups is 3. The van der Waals surface area contributed by atoms with Crippen LogP contribution in [0.2, 0.25) is 0 Å². The zero-order valence-corrected chi connectivity index (χ0v) is 18.7. The Bertz CT molecular complexity index is 1080. The number of hydrogen-bond acceptors (Lipinski definition) is 3. The van der Waals surface area contributed by atoms with E-state index in [2.05, 4.69) is 11.4 Å². The maximum absolute atomic E-state index is 13.8. The Hall–Kier alpha value is -3.41. The Morgan fingerprint density at radius 2 is 1.70 bits per heavy atom. The van der Waals surface area contributed by atoms with E-state index in [9.17, 15) is 14.4 Å². The van der Waals surface area contributed by atoms with Gasteiger partial charge in [0.25, 0.3) is 5.91 Å². The van der Waals surface area contributed by atoms with Crippen LogP contribution in [0.25, 0.3) is 0 Å². The van der Waals surface area contributed by atoms with E-state index in [1.807, 2.05) is 65.6 Å². The molecule has 4 amide bonds. The van der Waals surface area contributed by atoms with Gasteiger partial charge in [0.1, 0.15) is 6.54 Å². The van der Waals surface area contributed by atoms with Crippen LogP contribution in [0.4, 0.5) is 4.79 Å². The molecule has 6 nitrogen and oxygen atoms in total. The van der Waals surface area contributed by atoms with Gasteiger partial charge in [-0.2, -0.15) is 0 Å². The third-order valence-corrected chi connectivity index (χ3v) is 6.80. The lowest BCUT2D eigenvalue weighted by molar-refractivity contribution is -0.138. The maximum Gasteiger partial charge on any atom is 0.325 e. The van der Waals surface area contributed by atoms with E-state index in [0.717, 1.165) is 60.2 Å². The van der Waals surface area contributed by atoms with Crippen LogP contribution in [0.15, 0.2) is 72.4 Å². The highest BCUT2D eigenvalue weighted by Crippen LogP contribution is 2.36. The first-order valence-electron chi connectivity index (χ1n) is 11.8. The van der Waals surface area contributed by atoms with E-state index in [-0.39, 0.29) is 24.4 Å². The minimum Gasteiger partial charge on any atom is -0.319 e. The second kappa shape index (κ2) is 8.85. The molecule has 1 heterocycles. The molecule has 5 rings (SSSR count). The van der Waals surface area contributed by atoms with Crippen molar-refractivity contribution >= 4 is 17.8 Å². The van der Waals surface area contributed by atoms with Gasteiger partial charge in [0.15, 0.2) is 5.54 Å². The molecule has 1 saturated heterocycles. The monoisotopic (exact) mass is 443 g/mol. The minimum atomic E-state index is -1.23. The molecule has 2 fully saturated rings. The van der Waals surface area contributed by atoms with Crippen LogP contribution in [0.3, 0.4) is 0 Å². The van der Waals surface area contributed by atoms with Crippen molar-refractivity contribution in [3.05, 3.63) is 83.6 Å². The molecule has 2 aromatic carbocycles. The fraction of sp³-hybridized carbons (Fsp3) is 0.370. The highest BCUT2D eigenvalue weighted by atomic mass is 16.2. The Balaban J connectivity index is 1.43. The number of benzene rings is 2. The molecule has 2 aliphatic carbocycles. The molecule has 0 bridgehead atoms. The zero-order valence-electron chi connectivity index (χ0n) is 18.7. The fourth-order valence-corrected chi connectivity index (χ4v) is 4.99. The van der Waals surface area contributed by atoms with Crippen LogP contribution in [0.1, 0.15) is 49.7 Å². The summed E-state index contributed by atoms with van der Waals surface area (Å²) in [6.45, 7) is -0.234. The van der Waals surface area contributed by atoms with Gasteiger partial charge in [-0.1, -0.05) is 66.7 Å². The minimum absolute atomic E-state index is 0.169. The van der Waals surface area contributed by atoms with Crippen LogP contribution in [-0.2, 0) is 21.5 Å². The molecule has 33 heavy (non-hydrogen) atoms. The molecule has 1 aliphatic heterocycles. The SMILES string of the molecule is O=C1N[C@](Cc2ccccc2)(c2ccccc2)C(=O)N1CC(=O)N(C1=CCCCC1)C1CC1. The molecule has 1 atom stereocenters. The number of imide groups is 1. The van der Waals surface area contributed by atoms with Crippen molar-refractivity contribution in [2.75, 3.05) is 6.54 Å². The van der Waals surface area contributed by atoms with E-state index < -0.39 is 11.6 Å². The average molecular weight is 444 g/mol. The number of amides is 4. The summed E-state index contributed by atoms with van der Waals surface area (Å²) in [6.07, 6.45) is 8.49. The predicted molar refractivity (Wildman–Crippen MR) is 125 cm³/mol. The first-order valence-corrected chi connectivity index (χ1v) is 11.8. The molecule has 0 spiro atoms. The largest absolute Gasteiger partial charge is 0.325 e. The molecule has 6 heteroatoms. The summed E-state index contributed by atoms with van der Waals surface area (Å²) in [5, 5.41) is 2.95. The number of rotatable bonds is 7. The normalized spacial score (nSPS) is 22.7. The third-order valence-electron chi connectivity index (χ3n) is 6.80. The lowest BCUT2D eigenvalue weighted by Gasteiger charge is -2.30. The zero-order chi connectivity index (χ0) is 22.8. The van der Waals surface area contributed by atoms with Crippen LogP contribution in [-0.4, -0.2) is 40.2 Å². The van der Waals surface area contributed by atoms with Crippen LogP contribution in [0.5, 0.6) is 0 Å². The summed E-state index contributed by atoms with van der Waals surface area (Å²) in [4.78, 5) is 43.3. The smallest absolute Gasteiger partial charge is 0.319 e. The second-order valence-electron chi connectivity index (χ2n) is 9.19. The van der Waals surface area contributed by atoms with Gasteiger partial charge < -0.3 is 10.2 Å². The lowest BCUT2D eigenvalue weighted by atomic mass is 9.83. The van der Waals surface area contributed by atoms with Crippen molar-refractivity contribution < 1.29 is 14.4 Å². The number of nitrogens with one attached hydrogen (secondary N) is 1. The fourth-order valence-electron chi connectivity index (χ4n) is 4.99. The maximum atomic E-state index is 13.8. The molecule has 1 N–H and O–H groups in total. The molecular formula is C27H29N3O3. The standard InChI is InChI=1S/C27H29N3O3/c31-24(30(23-16-17-23)22-14-8-3-9-15-22)19-29-25(32)27(28-26(29)33,21-12-6-2-7-13-21)18-20-10-4-1-5-11-20/h1-2,4-7,10-14,23H,3,8-9,15-19H2,(H,28,33)/t27-/m1/s1. The molecular weight excluding hydrogens is 414 g/mol. The van der Waals surface area contributed by atoms with Crippen molar-refractivity contribution in [1.29, 1.82) is 0 Å². The molecule has 0 unspecified atom stereocenters. The van der Waals surface area contributed by atoms with Gasteiger partial charge in [-0.15, -0.1) is 0 Å². The number of nitrogens with zero attached hydrogens (tertiary/aromatic N) is 2. The van der Waals surface area contributed by atoms with Crippen molar-refractivity contribution in [3.8, 4) is 0 Å². The van der Waals surface area contributed by atoms with Crippen molar-refractivity contribution in [2.45, 2.75) is 56.5 Å². The molecule has 0 radical (unpaired) electrons. The highest BCUT2D eigenvalue weighted by Gasteiger charge is 2.53. The van der Waals surface area contributed by atoms with E-state index in [1.54, 1.807) is 0 Å². The summed E-state index contributed by atoms with van der Waals surface area (Å²) in [5.41, 5.74) is 1.49. The Morgan fingerprint density at radius 1 is 1.00 bits per heavy atom. The Kier molecular flexibility index (Phi) is 5.75. The molecule has 3 aliphatic rings. The number of carbonyl (C=O) groups excluding carboxylic acids is 3. The van der Waals surface area contributed by atoms with Gasteiger partial charge in [-0.05, 0) is 49.7 Å². The summed E-state index contributed by atoms with van der Waals surface area (Å²) in [5.74, 6) is -0.540. The number of urea groups is 1. The second-order valence-corrected chi connectivity index (χ2v) is 9.19. The van der Waals surface area contributed by atoms with Gasteiger partial charge in [0.2, 0.25) is 5.91 Å². The van der Waals surface area contributed by atoms with Crippen molar-refractivity contribution in [3.63, 3.8) is 0 Å². The molecule has 170 valence electrons. The predicted octanol–water partition coefficient (Wildman–Crippen LogP) is 4.13. The molecule has 2 aromatic rings. The summed E-state index contributed by atoms with van der Waals surface area (Å²) in [7, 11) is 0. The van der Waals surface area contributed by atoms with Gasteiger partial charge in [-0.3, -0.25) is 14.5 Å². The third kappa shape index (κ3) is 4.17. The first-order chi connectivity index (χ1) is 16.1. The molecule has 1 saturated carbocycles.